The van der Waals surface area contributed by atoms with E-state index in [4.69, 9.17) is 5.10 Å². The van der Waals surface area contributed by atoms with Gasteiger partial charge in [-0.1, -0.05) is 69.2 Å². The van der Waals surface area contributed by atoms with Crippen LogP contribution in [0.1, 0.15) is 68.3 Å². The Morgan fingerprint density at radius 1 is 1.13 bits per heavy atom. The van der Waals surface area contributed by atoms with Crippen molar-refractivity contribution in [3.8, 4) is 0 Å². The molecule has 0 radical (unpaired) electrons. The molecule has 0 N–H and O–H groups in total. The van der Waals surface area contributed by atoms with Gasteiger partial charge in [-0.15, -0.1) is 0 Å². The van der Waals surface area contributed by atoms with E-state index in [1.54, 1.807) is 0 Å². The highest BCUT2D eigenvalue weighted by Gasteiger charge is 2.43. The summed E-state index contributed by atoms with van der Waals surface area (Å²) in [6.45, 7) is 6.93. The van der Waals surface area contributed by atoms with Crippen molar-refractivity contribution < 1.29 is 4.79 Å². The highest BCUT2D eigenvalue weighted by molar-refractivity contribution is 5.83. The Hall–Kier alpha value is -2.46. The number of aldehydes is 1. The molecule has 3 aromatic rings. The number of likely N-dealkylation sites (tertiary alicyclic amines) is 1. The number of rotatable bonds is 6. The predicted octanol–water partition coefficient (Wildman–Crippen LogP) is 5.52. The lowest BCUT2D eigenvalue weighted by Crippen LogP contribution is -2.28. The molecule has 1 saturated heterocycles. The van der Waals surface area contributed by atoms with Crippen molar-refractivity contribution in [2.75, 3.05) is 13.1 Å². The summed E-state index contributed by atoms with van der Waals surface area (Å²) in [4.78, 5) is 14.7. The summed E-state index contributed by atoms with van der Waals surface area (Å²) in [6, 6.07) is 17.9. The molecular formula is C27H33N3O. The van der Waals surface area contributed by atoms with Crippen molar-refractivity contribution in [3.05, 3.63) is 65.4 Å². The Kier molecular flexibility index (Phi) is 5.43. The third kappa shape index (κ3) is 3.71. The highest BCUT2D eigenvalue weighted by atomic mass is 16.1. The van der Waals surface area contributed by atoms with Gasteiger partial charge in [0.05, 0.1) is 17.3 Å². The minimum Gasteiger partial charge on any atom is -0.303 e. The molecule has 1 aliphatic carbocycles. The van der Waals surface area contributed by atoms with Crippen molar-refractivity contribution >= 4 is 17.2 Å². The van der Waals surface area contributed by atoms with Crippen LogP contribution in [0.4, 0.5) is 0 Å². The molecule has 4 heteroatoms. The van der Waals surface area contributed by atoms with Crippen molar-refractivity contribution in [1.29, 1.82) is 0 Å². The fraction of sp³-hybridized carbons (Fsp3) is 0.481. The molecule has 5 rings (SSSR count). The topological polar surface area (TPSA) is 38.1 Å². The Morgan fingerprint density at radius 3 is 2.61 bits per heavy atom. The van der Waals surface area contributed by atoms with E-state index in [0.717, 1.165) is 26.1 Å². The number of hydrogen-bond donors (Lipinski definition) is 0. The Balaban J connectivity index is 1.49. The molecule has 2 aromatic carbocycles. The van der Waals surface area contributed by atoms with E-state index >= 15 is 0 Å². The third-order valence-electron chi connectivity index (χ3n) is 7.54. The average molecular weight is 416 g/mol. The van der Waals surface area contributed by atoms with E-state index in [0.29, 0.717) is 6.04 Å². The quantitative estimate of drug-likeness (QED) is 0.498. The summed E-state index contributed by atoms with van der Waals surface area (Å²) in [5.41, 5.74) is 4.67. The van der Waals surface area contributed by atoms with E-state index in [1.165, 1.54) is 59.7 Å². The van der Waals surface area contributed by atoms with Crippen LogP contribution in [0, 0.1) is 5.41 Å². The van der Waals surface area contributed by atoms with Gasteiger partial charge >= 0.3 is 0 Å². The summed E-state index contributed by atoms with van der Waals surface area (Å²) >= 11 is 0. The fourth-order valence-corrected chi connectivity index (χ4v) is 5.82. The van der Waals surface area contributed by atoms with E-state index in [1.807, 2.05) is 0 Å². The average Bonchev–Trinajstić information content (AvgIpc) is 3.51. The summed E-state index contributed by atoms with van der Waals surface area (Å²) in [6.07, 6.45) is 7.20. The zero-order chi connectivity index (χ0) is 21.4. The van der Waals surface area contributed by atoms with Gasteiger partial charge in [0, 0.05) is 36.4 Å². The number of aryl methyl sites for hydroxylation is 1. The minimum absolute atomic E-state index is 0.204. The number of aromatic nitrogens is 2. The van der Waals surface area contributed by atoms with Gasteiger partial charge in [0.25, 0.3) is 0 Å². The Morgan fingerprint density at radius 2 is 1.90 bits per heavy atom. The molecule has 1 saturated carbocycles. The Bertz CT molecular complexity index is 1070. The summed E-state index contributed by atoms with van der Waals surface area (Å²) < 4.78 is 2.31. The van der Waals surface area contributed by atoms with Gasteiger partial charge in [0.2, 0.25) is 0 Å². The first-order valence-corrected chi connectivity index (χ1v) is 11.8. The molecule has 1 aliphatic heterocycles. The molecule has 2 heterocycles. The lowest BCUT2D eigenvalue weighted by Gasteiger charge is -2.24. The van der Waals surface area contributed by atoms with Gasteiger partial charge < -0.3 is 4.79 Å². The molecule has 1 aromatic heterocycles. The van der Waals surface area contributed by atoms with E-state index in [-0.39, 0.29) is 11.3 Å². The molecule has 2 atom stereocenters. The monoisotopic (exact) mass is 415 g/mol. The van der Waals surface area contributed by atoms with Gasteiger partial charge in [-0.25, -0.2) is 0 Å². The first-order chi connectivity index (χ1) is 15.1. The molecule has 31 heavy (non-hydrogen) atoms. The standard InChI is InChI=1S/C27H33N3O/c1-3-25-23-14-13-21(15-26(23)30(28-25)22-11-7-8-12-22)24-17-29(18-27(24,2)19-31)16-20-9-5-4-6-10-20/h4-6,9-10,13-15,19,22,24H,3,7-8,11-12,16-18H2,1-2H3/t24?,27-/m0/s1. The second-order valence-electron chi connectivity index (χ2n) is 9.79. The summed E-state index contributed by atoms with van der Waals surface area (Å²) in [5, 5.41) is 6.30. The Labute approximate surface area is 185 Å². The van der Waals surface area contributed by atoms with Crippen LogP contribution in [-0.2, 0) is 17.8 Å². The van der Waals surface area contributed by atoms with Crippen LogP contribution in [0.2, 0.25) is 0 Å². The van der Waals surface area contributed by atoms with Crippen molar-refractivity contribution in [2.24, 2.45) is 5.41 Å². The van der Waals surface area contributed by atoms with Gasteiger partial charge in [-0.2, -0.15) is 5.10 Å². The molecule has 0 amide bonds. The van der Waals surface area contributed by atoms with Crippen LogP contribution in [0.3, 0.4) is 0 Å². The largest absolute Gasteiger partial charge is 0.303 e. The van der Waals surface area contributed by atoms with Gasteiger partial charge in [-0.05, 0) is 36.5 Å². The third-order valence-corrected chi connectivity index (χ3v) is 7.54. The van der Waals surface area contributed by atoms with Crippen LogP contribution in [0.5, 0.6) is 0 Å². The molecular weight excluding hydrogens is 382 g/mol. The number of carbonyl (C=O) groups is 1. The van der Waals surface area contributed by atoms with Crippen LogP contribution in [-0.4, -0.2) is 34.1 Å². The molecule has 2 aliphatic rings. The molecule has 2 fully saturated rings. The fourth-order valence-electron chi connectivity index (χ4n) is 5.82. The van der Waals surface area contributed by atoms with E-state index in [9.17, 15) is 4.79 Å². The van der Waals surface area contributed by atoms with E-state index < -0.39 is 0 Å². The van der Waals surface area contributed by atoms with Crippen LogP contribution < -0.4 is 0 Å². The lowest BCUT2D eigenvalue weighted by molar-refractivity contribution is -0.115. The number of hydrogen-bond acceptors (Lipinski definition) is 3. The molecule has 162 valence electrons. The van der Waals surface area contributed by atoms with Crippen molar-refractivity contribution in [2.45, 2.75) is 64.5 Å². The van der Waals surface area contributed by atoms with Crippen LogP contribution in [0.15, 0.2) is 48.5 Å². The second-order valence-corrected chi connectivity index (χ2v) is 9.79. The van der Waals surface area contributed by atoms with Crippen molar-refractivity contribution in [1.82, 2.24) is 14.7 Å². The van der Waals surface area contributed by atoms with Gasteiger partial charge in [-0.3, -0.25) is 9.58 Å². The van der Waals surface area contributed by atoms with Crippen LogP contribution >= 0.6 is 0 Å². The zero-order valence-corrected chi connectivity index (χ0v) is 18.8. The number of nitrogens with zero attached hydrogens (tertiary/aromatic N) is 3. The molecule has 4 nitrogen and oxygen atoms in total. The predicted molar refractivity (Wildman–Crippen MR) is 125 cm³/mol. The first kappa shape index (κ1) is 20.4. The smallest absolute Gasteiger partial charge is 0.127 e. The number of carbonyl (C=O) groups excluding carboxylic acids is 1. The van der Waals surface area contributed by atoms with Gasteiger partial charge in [0.15, 0.2) is 0 Å². The molecule has 0 bridgehead atoms. The zero-order valence-electron chi connectivity index (χ0n) is 18.8. The maximum absolute atomic E-state index is 12.3. The maximum atomic E-state index is 12.3. The highest BCUT2D eigenvalue weighted by Crippen LogP contribution is 2.43. The molecule has 1 unspecified atom stereocenters. The maximum Gasteiger partial charge on any atom is 0.127 e. The second kappa shape index (κ2) is 8.23. The summed E-state index contributed by atoms with van der Waals surface area (Å²) in [7, 11) is 0. The first-order valence-electron chi connectivity index (χ1n) is 11.8. The molecule has 0 spiro atoms. The van der Waals surface area contributed by atoms with Crippen molar-refractivity contribution in [3.63, 3.8) is 0 Å². The lowest BCUT2D eigenvalue weighted by atomic mass is 9.77. The van der Waals surface area contributed by atoms with Crippen LogP contribution in [0.25, 0.3) is 10.9 Å². The van der Waals surface area contributed by atoms with Gasteiger partial charge in [0.1, 0.15) is 6.29 Å². The summed E-state index contributed by atoms with van der Waals surface area (Å²) in [5.74, 6) is 0.204. The minimum atomic E-state index is -0.367. The number of benzene rings is 2. The normalized spacial score (nSPS) is 24.9. The SMILES string of the molecule is CCc1nn(C2CCCC2)c2cc(C3CN(Cc4ccccc4)C[C@@]3(C)C=O)ccc12. The van der Waals surface area contributed by atoms with E-state index in [2.05, 4.69) is 72.0 Å². The number of fused-ring (bicyclic) bond motifs is 1.